The van der Waals surface area contributed by atoms with E-state index in [0.717, 1.165) is 11.4 Å². The summed E-state index contributed by atoms with van der Waals surface area (Å²) in [5.74, 6) is 0. The van der Waals surface area contributed by atoms with Crippen LogP contribution < -0.4 is 0 Å². The smallest absolute Gasteiger partial charge is 0.0795 e. The van der Waals surface area contributed by atoms with Gasteiger partial charge in [0.15, 0.2) is 0 Å². The van der Waals surface area contributed by atoms with Crippen molar-refractivity contribution in [1.29, 1.82) is 0 Å². The SMILES string of the molecule is C1=CC2(C=N1)C1=Cc3ccccc3C1=Nc1ccccc12. The lowest BCUT2D eigenvalue weighted by Crippen LogP contribution is -2.32. The molecule has 98 valence electrons. The standard InChI is InChI=1S/C19H12N2/c1-2-6-14-13(5-1)11-16-18(14)21-17-8-4-3-7-15(17)19(16)9-10-20-12-19/h1-12H. The lowest BCUT2D eigenvalue weighted by molar-refractivity contribution is 0.911. The molecule has 2 heteroatoms. The number of benzene rings is 2. The molecule has 21 heavy (non-hydrogen) atoms. The number of rotatable bonds is 0. The quantitative estimate of drug-likeness (QED) is 0.688. The average molecular weight is 268 g/mol. The molecule has 0 N–H and O–H groups in total. The van der Waals surface area contributed by atoms with E-state index in [1.54, 1.807) is 0 Å². The van der Waals surface area contributed by atoms with Crippen molar-refractivity contribution in [2.24, 2.45) is 9.98 Å². The lowest BCUT2D eigenvalue weighted by atomic mass is 9.72. The molecule has 0 fully saturated rings. The molecular weight excluding hydrogens is 256 g/mol. The van der Waals surface area contributed by atoms with E-state index in [-0.39, 0.29) is 5.41 Å². The molecule has 2 aliphatic heterocycles. The Bertz CT molecular complexity index is 885. The van der Waals surface area contributed by atoms with Crippen LogP contribution in [0.4, 0.5) is 5.69 Å². The van der Waals surface area contributed by atoms with Crippen LogP contribution in [0.15, 0.2) is 76.4 Å². The van der Waals surface area contributed by atoms with Gasteiger partial charge in [0.1, 0.15) is 0 Å². The van der Waals surface area contributed by atoms with Crippen LogP contribution in [0.5, 0.6) is 0 Å². The molecule has 1 aliphatic carbocycles. The van der Waals surface area contributed by atoms with Gasteiger partial charge in [-0.2, -0.15) is 0 Å². The molecule has 1 spiro atoms. The Balaban J connectivity index is 1.89. The third kappa shape index (κ3) is 1.27. The number of hydrogen-bond donors (Lipinski definition) is 0. The van der Waals surface area contributed by atoms with Crippen LogP contribution in [-0.4, -0.2) is 11.9 Å². The fourth-order valence-corrected chi connectivity index (χ4v) is 3.51. The first kappa shape index (κ1) is 11.0. The van der Waals surface area contributed by atoms with E-state index < -0.39 is 0 Å². The fraction of sp³-hybridized carbons (Fsp3) is 0.0526. The minimum absolute atomic E-state index is 0.257. The Kier molecular flexibility index (Phi) is 1.92. The first-order chi connectivity index (χ1) is 10.4. The monoisotopic (exact) mass is 268 g/mol. The molecule has 0 aromatic heterocycles. The number of hydrogen-bond acceptors (Lipinski definition) is 2. The van der Waals surface area contributed by atoms with Gasteiger partial charge in [0.25, 0.3) is 0 Å². The summed E-state index contributed by atoms with van der Waals surface area (Å²) in [5, 5.41) is 0. The van der Waals surface area contributed by atoms with E-state index in [2.05, 4.69) is 59.6 Å². The van der Waals surface area contributed by atoms with Crippen molar-refractivity contribution in [1.82, 2.24) is 0 Å². The molecule has 2 aromatic carbocycles. The Morgan fingerprint density at radius 1 is 0.905 bits per heavy atom. The summed E-state index contributed by atoms with van der Waals surface area (Å²) < 4.78 is 0. The molecule has 0 amide bonds. The van der Waals surface area contributed by atoms with Gasteiger partial charge < -0.3 is 0 Å². The van der Waals surface area contributed by atoms with Crippen LogP contribution in [0, 0.1) is 0 Å². The van der Waals surface area contributed by atoms with Gasteiger partial charge in [-0.25, -0.2) is 4.99 Å². The average Bonchev–Trinajstić information content (AvgIpc) is 3.14. The molecule has 2 heterocycles. The van der Waals surface area contributed by atoms with Crippen LogP contribution in [0.1, 0.15) is 16.7 Å². The van der Waals surface area contributed by atoms with Crippen LogP contribution in [0.2, 0.25) is 0 Å². The van der Waals surface area contributed by atoms with Crippen LogP contribution in [-0.2, 0) is 5.41 Å². The topological polar surface area (TPSA) is 24.7 Å². The minimum atomic E-state index is -0.257. The van der Waals surface area contributed by atoms with Gasteiger partial charge in [0, 0.05) is 18.0 Å². The van der Waals surface area contributed by atoms with Crippen molar-refractivity contribution >= 4 is 23.7 Å². The van der Waals surface area contributed by atoms with Crippen molar-refractivity contribution < 1.29 is 0 Å². The van der Waals surface area contributed by atoms with Gasteiger partial charge in [0.2, 0.25) is 0 Å². The number of aliphatic imine (C=N–C) groups is 2. The summed E-state index contributed by atoms with van der Waals surface area (Å²) in [5.41, 5.74) is 6.78. The normalized spacial score (nSPS) is 23.6. The molecule has 0 saturated carbocycles. The molecule has 3 aliphatic rings. The molecule has 2 aromatic rings. The number of nitrogens with zero attached hydrogens (tertiary/aromatic N) is 2. The van der Waals surface area contributed by atoms with Crippen molar-refractivity contribution in [2.45, 2.75) is 5.41 Å². The van der Waals surface area contributed by atoms with Crippen molar-refractivity contribution in [2.75, 3.05) is 0 Å². The maximum Gasteiger partial charge on any atom is 0.0795 e. The van der Waals surface area contributed by atoms with E-state index >= 15 is 0 Å². The van der Waals surface area contributed by atoms with Crippen LogP contribution >= 0.6 is 0 Å². The van der Waals surface area contributed by atoms with Crippen molar-refractivity contribution in [3.63, 3.8) is 0 Å². The Labute approximate surface area is 122 Å². The van der Waals surface area contributed by atoms with Gasteiger partial charge in [-0.05, 0) is 34.9 Å². The summed E-state index contributed by atoms with van der Waals surface area (Å²) in [6.45, 7) is 0. The summed E-state index contributed by atoms with van der Waals surface area (Å²) in [4.78, 5) is 9.30. The predicted octanol–water partition coefficient (Wildman–Crippen LogP) is 4.05. The van der Waals surface area contributed by atoms with Gasteiger partial charge in [0.05, 0.1) is 16.8 Å². The van der Waals surface area contributed by atoms with E-state index in [9.17, 15) is 0 Å². The molecule has 0 saturated heterocycles. The number of allylic oxidation sites excluding steroid dienone is 2. The molecule has 0 bridgehead atoms. The van der Waals surface area contributed by atoms with E-state index in [1.165, 1.54) is 22.3 Å². The van der Waals surface area contributed by atoms with E-state index in [0.29, 0.717) is 0 Å². The van der Waals surface area contributed by atoms with E-state index in [4.69, 9.17) is 4.99 Å². The molecule has 1 atom stereocenters. The second-order valence-electron chi connectivity index (χ2n) is 5.59. The second-order valence-corrected chi connectivity index (χ2v) is 5.59. The van der Waals surface area contributed by atoms with Crippen LogP contribution in [0.3, 0.4) is 0 Å². The zero-order valence-corrected chi connectivity index (χ0v) is 11.3. The van der Waals surface area contributed by atoms with E-state index in [1.807, 2.05) is 18.5 Å². The highest BCUT2D eigenvalue weighted by Gasteiger charge is 2.43. The first-order valence-electron chi connectivity index (χ1n) is 7.11. The Hall–Kier alpha value is -2.74. The highest BCUT2D eigenvalue weighted by atomic mass is 14.8. The highest BCUT2D eigenvalue weighted by molar-refractivity contribution is 6.27. The van der Waals surface area contributed by atoms with Gasteiger partial charge in [-0.3, -0.25) is 4.99 Å². The fourth-order valence-electron chi connectivity index (χ4n) is 3.51. The summed E-state index contributed by atoms with van der Waals surface area (Å²) in [7, 11) is 0. The maximum atomic E-state index is 4.92. The molecular formula is C19H12N2. The lowest BCUT2D eigenvalue weighted by Gasteiger charge is -2.32. The maximum absolute atomic E-state index is 4.92. The number of para-hydroxylation sites is 1. The molecule has 1 unspecified atom stereocenters. The highest BCUT2D eigenvalue weighted by Crippen LogP contribution is 2.48. The minimum Gasteiger partial charge on any atom is -0.268 e. The first-order valence-corrected chi connectivity index (χ1v) is 7.11. The van der Waals surface area contributed by atoms with Crippen molar-refractivity contribution in [3.05, 3.63) is 83.1 Å². The summed E-state index contributed by atoms with van der Waals surface area (Å²) >= 11 is 0. The van der Waals surface area contributed by atoms with Gasteiger partial charge in [-0.1, -0.05) is 42.5 Å². The molecule has 2 nitrogen and oxygen atoms in total. The van der Waals surface area contributed by atoms with Gasteiger partial charge in [-0.15, -0.1) is 0 Å². The zero-order chi connectivity index (χ0) is 13.9. The molecule has 0 radical (unpaired) electrons. The third-order valence-corrected chi connectivity index (χ3v) is 4.50. The summed E-state index contributed by atoms with van der Waals surface area (Å²) in [6, 6.07) is 16.8. The van der Waals surface area contributed by atoms with Crippen molar-refractivity contribution in [3.8, 4) is 0 Å². The Morgan fingerprint density at radius 2 is 1.76 bits per heavy atom. The summed E-state index contributed by atoms with van der Waals surface area (Å²) in [6.07, 6.45) is 8.37. The predicted molar refractivity (Wildman–Crippen MR) is 86.4 cm³/mol. The second kappa shape index (κ2) is 3.67. The van der Waals surface area contributed by atoms with Crippen LogP contribution in [0.25, 0.3) is 6.08 Å². The third-order valence-electron chi connectivity index (χ3n) is 4.50. The zero-order valence-electron chi connectivity index (χ0n) is 11.3. The van der Waals surface area contributed by atoms with Gasteiger partial charge >= 0.3 is 0 Å². The Morgan fingerprint density at radius 3 is 2.67 bits per heavy atom. The number of fused-ring (bicyclic) bond motifs is 6. The molecule has 5 rings (SSSR count). The largest absolute Gasteiger partial charge is 0.268 e.